The second-order valence-electron chi connectivity index (χ2n) is 3.98. The number of rotatable bonds is 9. The minimum absolute atomic E-state index is 0.308. The smallest absolute Gasteiger partial charge is 0.222 e. The van der Waals surface area contributed by atoms with Gasteiger partial charge in [0.25, 0.3) is 0 Å². The Morgan fingerprint density at radius 2 is 1.73 bits per heavy atom. The second kappa shape index (κ2) is 9.97. The van der Waals surface area contributed by atoms with Crippen LogP contribution in [0.3, 0.4) is 0 Å². The molecule has 0 saturated carbocycles. The molecule has 2 N–H and O–H groups in total. The topological polar surface area (TPSA) is 46.3 Å². The molecule has 0 aromatic carbocycles. The summed E-state index contributed by atoms with van der Waals surface area (Å²) < 4.78 is 0. The number of carbonyl (C=O) groups is 1. The van der Waals surface area contributed by atoms with Crippen LogP contribution in [-0.4, -0.2) is 30.4 Å². The molecule has 0 fully saturated rings. The van der Waals surface area contributed by atoms with Gasteiger partial charge in [-0.2, -0.15) is 0 Å². The number of hydrogen-bond donors (Lipinski definition) is 1. The monoisotopic (exact) mass is 214 g/mol. The number of carbonyl (C=O) groups excluding carboxylic acids is 1. The third kappa shape index (κ3) is 7.37. The SMILES string of the molecule is CCCCN(CCCCN)C(=O)CCC. The second-order valence-corrected chi connectivity index (χ2v) is 3.98. The molecule has 0 aromatic heterocycles. The Morgan fingerprint density at radius 3 is 2.27 bits per heavy atom. The molecule has 3 heteroatoms. The van der Waals surface area contributed by atoms with Gasteiger partial charge in [0, 0.05) is 19.5 Å². The molecule has 0 aliphatic carbocycles. The van der Waals surface area contributed by atoms with Crippen LogP contribution in [0, 0.1) is 0 Å². The molecule has 0 bridgehead atoms. The van der Waals surface area contributed by atoms with E-state index in [9.17, 15) is 4.79 Å². The lowest BCUT2D eigenvalue weighted by Crippen LogP contribution is -2.32. The molecule has 3 nitrogen and oxygen atoms in total. The summed E-state index contributed by atoms with van der Waals surface area (Å²) in [6.45, 7) is 6.73. The molecule has 15 heavy (non-hydrogen) atoms. The van der Waals surface area contributed by atoms with Crippen molar-refractivity contribution in [2.45, 2.75) is 52.4 Å². The average molecular weight is 214 g/mol. The van der Waals surface area contributed by atoms with Crippen LogP contribution in [-0.2, 0) is 4.79 Å². The van der Waals surface area contributed by atoms with E-state index in [0.29, 0.717) is 12.3 Å². The molecular formula is C12H26N2O. The minimum Gasteiger partial charge on any atom is -0.343 e. The molecule has 0 aromatic rings. The van der Waals surface area contributed by atoms with Crippen molar-refractivity contribution in [3.8, 4) is 0 Å². The quantitative estimate of drug-likeness (QED) is 0.598. The molecule has 0 saturated heterocycles. The summed E-state index contributed by atoms with van der Waals surface area (Å²) >= 11 is 0. The number of nitrogens with two attached hydrogens (primary N) is 1. The summed E-state index contributed by atoms with van der Waals surface area (Å²) in [6, 6.07) is 0. The lowest BCUT2D eigenvalue weighted by molar-refractivity contribution is -0.131. The number of nitrogens with zero attached hydrogens (tertiary/aromatic N) is 1. The predicted octanol–water partition coefficient (Wildman–Crippen LogP) is 2.15. The minimum atomic E-state index is 0.308. The number of hydrogen-bond acceptors (Lipinski definition) is 2. The summed E-state index contributed by atoms with van der Waals surface area (Å²) in [6.07, 6.45) is 5.94. The Morgan fingerprint density at radius 1 is 1.07 bits per heavy atom. The van der Waals surface area contributed by atoms with E-state index in [1.807, 2.05) is 4.90 Å². The van der Waals surface area contributed by atoms with Crippen LogP contribution < -0.4 is 5.73 Å². The zero-order chi connectivity index (χ0) is 11.5. The van der Waals surface area contributed by atoms with Crippen LogP contribution in [0.15, 0.2) is 0 Å². The van der Waals surface area contributed by atoms with Crippen molar-refractivity contribution in [2.75, 3.05) is 19.6 Å². The van der Waals surface area contributed by atoms with E-state index >= 15 is 0 Å². The fraction of sp³-hybridized carbons (Fsp3) is 0.917. The van der Waals surface area contributed by atoms with E-state index in [4.69, 9.17) is 5.73 Å². The van der Waals surface area contributed by atoms with E-state index in [1.165, 1.54) is 0 Å². The van der Waals surface area contributed by atoms with Gasteiger partial charge in [0.05, 0.1) is 0 Å². The fourth-order valence-electron chi connectivity index (χ4n) is 1.53. The normalized spacial score (nSPS) is 10.3. The Balaban J connectivity index is 3.87. The Hall–Kier alpha value is -0.570. The van der Waals surface area contributed by atoms with Gasteiger partial charge in [0.2, 0.25) is 5.91 Å². The van der Waals surface area contributed by atoms with Crippen molar-refractivity contribution in [1.29, 1.82) is 0 Å². The van der Waals surface area contributed by atoms with Gasteiger partial charge in [0.15, 0.2) is 0 Å². The van der Waals surface area contributed by atoms with Crippen molar-refractivity contribution in [3.05, 3.63) is 0 Å². The summed E-state index contributed by atoms with van der Waals surface area (Å²) in [5.41, 5.74) is 5.45. The predicted molar refractivity (Wildman–Crippen MR) is 64.7 cm³/mol. The van der Waals surface area contributed by atoms with Crippen molar-refractivity contribution in [3.63, 3.8) is 0 Å². The Bertz CT molecular complexity index is 160. The van der Waals surface area contributed by atoms with Crippen LogP contribution in [0.4, 0.5) is 0 Å². The lowest BCUT2D eigenvalue weighted by Gasteiger charge is -2.22. The highest BCUT2D eigenvalue weighted by Gasteiger charge is 2.10. The highest BCUT2D eigenvalue weighted by molar-refractivity contribution is 5.76. The van der Waals surface area contributed by atoms with Crippen LogP contribution in [0.1, 0.15) is 52.4 Å². The highest BCUT2D eigenvalue weighted by atomic mass is 16.2. The molecule has 90 valence electrons. The third-order valence-electron chi connectivity index (χ3n) is 2.48. The third-order valence-corrected chi connectivity index (χ3v) is 2.48. The Labute approximate surface area is 94.0 Å². The molecule has 0 heterocycles. The average Bonchev–Trinajstić information content (AvgIpc) is 2.23. The van der Waals surface area contributed by atoms with Gasteiger partial charge >= 0.3 is 0 Å². The largest absolute Gasteiger partial charge is 0.343 e. The standard InChI is InChI=1S/C12H26N2O/c1-3-5-10-14(11-7-6-9-13)12(15)8-4-2/h3-11,13H2,1-2H3. The van der Waals surface area contributed by atoms with E-state index in [2.05, 4.69) is 13.8 Å². The molecule has 0 spiro atoms. The van der Waals surface area contributed by atoms with Gasteiger partial charge in [-0.3, -0.25) is 4.79 Å². The molecule has 0 aliphatic rings. The molecule has 0 atom stereocenters. The van der Waals surface area contributed by atoms with Crippen LogP contribution in [0.25, 0.3) is 0 Å². The maximum absolute atomic E-state index is 11.7. The number of unbranched alkanes of at least 4 members (excludes halogenated alkanes) is 2. The molecule has 1 amide bonds. The van der Waals surface area contributed by atoms with Crippen LogP contribution in [0.2, 0.25) is 0 Å². The number of amides is 1. The van der Waals surface area contributed by atoms with Gasteiger partial charge in [-0.25, -0.2) is 0 Å². The van der Waals surface area contributed by atoms with E-state index < -0.39 is 0 Å². The van der Waals surface area contributed by atoms with Crippen molar-refractivity contribution in [1.82, 2.24) is 4.90 Å². The lowest BCUT2D eigenvalue weighted by atomic mass is 10.2. The van der Waals surface area contributed by atoms with Crippen LogP contribution in [0.5, 0.6) is 0 Å². The van der Waals surface area contributed by atoms with E-state index in [1.54, 1.807) is 0 Å². The summed E-state index contributed by atoms with van der Waals surface area (Å²) in [5.74, 6) is 0.308. The maximum atomic E-state index is 11.7. The molecular weight excluding hydrogens is 188 g/mol. The highest BCUT2D eigenvalue weighted by Crippen LogP contribution is 2.03. The van der Waals surface area contributed by atoms with Crippen molar-refractivity contribution < 1.29 is 4.79 Å². The zero-order valence-corrected chi connectivity index (χ0v) is 10.3. The summed E-state index contributed by atoms with van der Waals surface area (Å²) in [7, 11) is 0. The van der Waals surface area contributed by atoms with E-state index in [0.717, 1.165) is 51.7 Å². The summed E-state index contributed by atoms with van der Waals surface area (Å²) in [5, 5.41) is 0. The van der Waals surface area contributed by atoms with E-state index in [-0.39, 0.29) is 0 Å². The van der Waals surface area contributed by atoms with Gasteiger partial charge in [-0.05, 0) is 32.2 Å². The molecule has 0 aliphatic heterocycles. The van der Waals surface area contributed by atoms with Gasteiger partial charge in [-0.1, -0.05) is 20.3 Å². The van der Waals surface area contributed by atoms with Crippen LogP contribution >= 0.6 is 0 Å². The first kappa shape index (κ1) is 14.4. The van der Waals surface area contributed by atoms with Gasteiger partial charge < -0.3 is 10.6 Å². The Kier molecular flexibility index (Phi) is 9.59. The van der Waals surface area contributed by atoms with Crippen molar-refractivity contribution in [2.24, 2.45) is 5.73 Å². The fourth-order valence-corrected chi connectivity index (χ4v) is 1.53. The van der Waals surface area contributed by atoms with Crippen molar-refractivity contribution >= 4 is 5.91 Å². The summed E-state index contributed by atoms with van der Waals surface area (Å²) in [4.78, 5) is 13.7. The zero-order valence-electron chi connectivity index (χ0n) is 10.3. The molecule has 0 unspecified atom stereocenters. The first-order valence-electron chi connectivity index (χ1n) is 6.24. The van der Waals surface area contributed by atoms with Gasteiger partial charge in [0.1, 0.15) is 0 Å². The molecule has 0 radical (unpaired) electrons. The first-order chi connectivity index (χ1) is 7.26. The maximum Gasteiger partial charge on any atom is 0.222 e. The molecule has 0 rings (SSSR count). The first-order valence-corrected chi connectivity index (χ1v) is 6.24. The van der Waals surface area contributed by atoms with Gasteiger partial charge in [-0.15, -0.1) is 0 Å².